The molecule has 0 aromatic carbocycles. The molecule has 0 saturated heterocycles. The molecule has 0 unspecified atom stereocenters. The molecule has 4 nitrogen and oxygen atoms in total. The first-order valence-corrected chi connectivity index (χ1v) is 2.15. The number of amides is 1. The number of ether oxygens (including phenoxy) is 1. The molecular formula is C4H6N2O2. The zero-order valence-electron chi connectivity index (χ0n) is 4.47. The van der Waals surface area contributed by atoms with Crippen molar-refractivity contribution in [3.05, 3.63) is 0 Å². The van der Waals surface area contributed by atoms with Gasteiger partial charge in [0.15, 0.2) is 0 Å². The third kappa shape index (κ3) is 2.97. The average Bonchev–Trinajstić information content (AvgIpc) is 1.68. The summed E-state index contributed by atoms with van der Waals surface area (Å²) in [6.45, 7) is 2.21. The first-order valence-electron chi connectivity index (χ1n) is 2.15. The van der Waals surface area contributed by atoms with E-state index in [9.17, 15) is 4.79 Å². The minimum absolute atomic E-state index is 0.473. The molecule has 0 spiro atoms. The van der Waals surface area contributed by atoms with Crippen molar-refractivity contribution in [1.82, 2.24) is 5.32 Å². The SMILES string of the molecule is CCNC(=O)OC#N. The van der Waals surface area contributed by atoms with Gasteiger partial charge in [-0.2, -0.15) is 0 Å². The van der Waals surface area contributed by atoms with Crippen LogP contribution in [0.25, 0.3) is 0 Å². The molecule has 0 rings (SSSR count). The number of rotatable bonds is 1. The molecule has 0 radical (unpaired) electrons. The van der Waals surface area contributed by atoms with Gasteiger partial charge in [-0.15, -0.1) is 5.26 Å². The summed E-state index contributed by atoms with van der Waals surface area (Å²) in [5, 5.41) is 9.99. The van der Waals surface area contributed by atoms with Crippen molar-refractivity contribution >= 4 is 6.09 Å². The van der Waals surface area contributed by atoms with Gasteiger partial charge in [0.1, 0.15) is 0 Å². The van der Waals surface area contributed by atoms with Crippen molar-refractivity contribution in [2.24, 2.45) is 0 Å². The van der Waals surface area contributed by atoms with E-state index in [1.54, 1.807) is 6.92 Å². The molecule has 0 fully saturated rings. The van der Waals surface area contributed by atoms with Gasteiger partial charge in [-0.05, 0) is 6.92 Å². The summed E-state index contributed by atoms with van der Waals surface area (Å²) < 4.78 is 3.84. The number of hydrogen-bond acceptors (Lipinski definition) is 3. The minimum atomic E-state index is -0.699. The second kappa shape index (κ2) is 3.93. The maximum atomic E-state index is 10.1. The van der Waals surface area contributed by atoms with Gasteiger partial charge in [-0.3, -0.25) is 0 Å². The van der Waals surface area contributed by atoms with Crippen molar-refractivity contribution < 1.29 is 9.53 Å². The minimum Gasteiger partial charge on any atom is -0.334 e. The fraction of sp³-hybridized carbons (Fsp3) is 0.500. The molecule has 1 N–H and O–H groups in total. The molecule has 0 bridgehead atoms. The van der Waals surface area contributed by atoms with Crippen LogP contribution in [0.15, 0.2) is 0 Å². The Kier molecular flexibility index (Phi) is 3.32. The molecule has 0 aliphatic carbocycles. The van der Waals surface area contributed by atoms with Crippen molar-refractivity contribution in [3.63, 3.8) is 0 Å². The van der Waals surface area contributed by atoms with Gasteiger partial charge in [0.05, 0.1) is 0 Å². The van der Waals surface area contributed by atoms with Gasteiger partial charge in [0.2, 0.25) is 0 Å². The average molecular weight is 114 g/mol. The van der Waals surface area contributed by atoms with Crippen LogP contribution in [0.3, 0.4) is 0 Å². The molecule has 8 heavy (non-hydrogen) atoms. The predicted molar refractivity (Wildman–Crippen MR) is 25.8 cm³/mol. The molecule has 0 aliphatic heterocycles. The van der Waals surface area contributed by atoms with Crippen molar-refractivity contribution in [2.75, 3.05) is 6.54 Å². The van der Waals surface area contributed by atoms with E-state index in [-0.39, 0.29) is 0 Å². The number of alkyl carbamates (subject to hydrolysis) is 1. The van der Waals surface area contributed by atoms with Crippen molar-refractivity contribution in [1.29, 1.82) is 5.26 Å². The third-order valence-electron chi connectivity index (χ3n) is 0.459. The second-order valence-electron chi connectivity index (χ2n) is 1.01. The highest BCUT2D eigenvalue weighted by atomic mass is 16.5. The van der Waals surface area contributed by atoms with E-state index < -0.39 is 6.09 Å². The van der Waals surface area contributed by atoms with Crippen molar-refractivity contribution in [3.8, 4) is 6.26 Å². The maximum absolute atomic E-state index is 10.1. The zero-order valence-corrected chi connectivity index (χ0v) is 4.47. The molecule has 0 aromatic rings. The molecule has 0 saturated carbocycles. The summed E-state index contributed by atoms with van der Waals surface area (Å²) in [5.74, 6) is 0. The number of hydrogen-bond donors (Lipinski definition) is 1. The third-order valence-corrected chi connectivity index (χ3v) is 0.459. The van der Waals surface area contributed by atoms with Crippen LogP contribution >= 0.6 is 0 Å². The fourth-order valence-corrected chi connectivity index (χ4v) is 0.222. The number of carbonyl (C=O) groups is 1. The Labute approximate surface area is 47.1 Å². The lowest BCUT2D eigenvalue weighted by molar-refractivity contribution is 0.191. The van der Waals surface area contributed by atoms with Crippen LogP contribution in [0, 0.1) is 11.5 Å². The number of carbonyl (C=O) groups excluding carboxylic acids is 1. The number of nitrogens with zero attached hydrogens (tertiary/aromatic N) is 1. The summed E-state index contributed by atoms with van der Waals surface area (Å²) in [4.78, 5) is 10.1. The van der Waals surface area contributed by atoms with E-state index in [4.69, 9.17) is 5.26 Å². The second-order valence-corrected chi connectivity index (χ2v) is 1.01. The Morgan fingerprint density at radius 2 is 2.62 bits per heavy atom. The Balaban J connectivity index is 3.23. The topological polar surface area (TPSA) is 62.1 Å². The summed E-state index contributed by atoms with van der Waals surface area (Å²) in [6, 6.07) is 0. The van der Waals surface area contributed by atoms with E-state index >= 15 is 0 Å². The van der Waals surface area contributed by atoms with Crippen LogP contribution in [0.4, 0.5) is 4.79 Å². The number of nitrogens with one attached hydrogen (secondary N) is 1. The Hall–Kier alpha value is -1.24. The van der Waals surface area contributed by atoms with Gasteiger partial charge in [0.25, 0.3) is 6.26 Å². The lowest BCUT2D eigenvalue weighted by Crippen LogP contribution is -2.21. The highest BCUT2D eigenvalue weighted by Crippen LogP contribution is 1.69. The standard InChI is InChI=1S/C4H6N2O2/c1-2-6-4(7)8-3-5/h2H2,1H3,(H,6,7). The quantitative estimate of drug-likeness (QED) is 0.496. The highest BCUT2D eigenvalue weighted by Gasteiger charge is 1.94. The first kappa shape index (κ1) is 6.76. The Morgan fingerprint density at radius 3 is 3.00 bits per heavy atom. The van der Waals surface area contributed by atoms with Gasteiger partial charge < -0.3 is 10.1 Å². The lowest BCUT2D eigenvalue weighted by Gasteiger charge is -1.92. The van der Waals surface area contributed by atoms with Gasteiger partial charge >= 0.3 is 6.09 Å². The van der Waals surface area contributed by atoms with Crippen LogP contribution < -0.4 is 5.32 Å². The van der Waals surface area contributed by atoms with Crippen LogP contribution in [0.2, 0.25) is 0 Å². The van der Waals surface area contributed by atoms with E-state index in [0.29, 0.717) is 6.54 Å². The van der Waals surface area contributed by atoms with E-state index in [1.807, 2.05) is 0 Å². The monoisotopic (exact) mass is 114 g/mol. The predicted octanol–water partition coefficient (Wildman–Crippen LogP) is 0.214. The molecule has 0 atom stereocenters. The number of nitriles is 1. The molecule has 0 aliphatic rings. The summed E-state index contributed by atoms with van der Waals surface area (Å²) in [5.41, 5.74) is 0. The lowest BCUT2D eigenvalue weighted by atomic mass is 10.8. The first-order chi connectivity index (χ1) is 3.81. The summed E-state index contributed by atoms with van der Waals surface area (Å²) in [7, 11) is 0. The Bertz CT molecular complexity index is 116. The normalized spacial score (nSPS) is 7.00. The van der Waals surface area contributed by atoms with Crippen molar-refractivity contribution in [2.45, 2.75) is 6.92 Å². The molecule has 1 amide bonds. The summed E-state index contributed by atoms with van der Waals surface area (Å²) in [6.07, 6.45) is 0.541. The van der Waals surface area contributed by atoms with E-state index in [0.717, 1.165) is 0 Å². The maximum Gasteiger partial charge on any atom is 0.422 e. The molecular weight excluding hydrogens is 108 g/mol. The van der Waals surface area contributed by atoms with E-state index in [2.05, 4.69) is 10.1 Å². The van der Waals surface area contributed by atoms with Gasteiger partial charge in [-0.1, -0.05) is 0 Å². The van der Waals surface area contributed by atoms with Crippen LogP contribution in [-0.2, 0) is 4.74 Å². The van der Waals surface area contributed by atoms with Gasteiger partial charge in [-0.25, -0.2) is 4.79 Å². The van der Waals surface area contributed by atoms with Gasteiger partial charge in [0, 0.05) is 6.54 Å². The molecule has 44 valence electrons. The summed E-state index contributed by atoms with van der Waals surface area (Å²) >= 11 is 0. The Morgan fingerprint density at radius 1 is 2.00 bits per heavy atom. The van der Waals surface area contributed by atoms with E-state index in [1.165, 1.54) is 6.26 Å². The van der Waals surface area contributed by atoms with Crippen LogP contribution in [0.1, 0.15) is 6.92 Å². The molecule has 4 heteroatoms. The largest absolute Gasteiger partial charge is 0.422 e. The molecule has 0 aromatic heterocycles. The van der Waals surface area contributed by atoms with Crippen LogP contribution in [0.5, 0.6) is 0 Å². The highest BCUT2D eigenvalue weighted by molar-refractivity contribution is 5.67. The fourth-order valence-electron chi connectivity index (χ4n) is 0.222. The molecule has 0 heterocycles. The zero-order chi connectivity index (χ0) is 6.41. The smallest absolute Gasteiger partial charge is 0.334 e. The van der Waals surface area contributed by atoms with Crippen LogP contribution in [-0.4, -0.2) is 12.6 Å².